The van der Waals surface area contributed by atoms with Crippen LogP contribution in [0.3, 0.4) is 0 Å². The summed E-state index contributed by atoms with van der Waals surface area (Å²) in [6.07, 6.45) is 3.25. The van der Waals surface area contributed by atoms with Crippen molar-refractivity contribution in [2.45, 2.75) is 0 Å². The summed E-state index contributed by atoms with van der Waals surface area (Å²) in [5.41, 5.74) is 0.572. The molecular formula is C9H12N2O3. The Balaban J connectivity index is 2.45. The Labute approximate surface area is 81.3 Å². The maximum absolute atomic E-state index is 11.4. The third kappa shape index (κ3) is 3.02. The van der Waals surface area contributed by atoms with Crippen LogP contribution in [0.25, 0.3) is 0 Å². The van der Waals surface area contributed by atoms with E-state index in [-0.39, 0.29) is 18.9 Å². The van der Waals surface area contributed by atoms with Crippen LogP contribution in [0.15, 0.2) is 18.5 Å². The number of nitrogens with one attached hydrogen (secondary N) is 1. The Morgan fingerprint density at radius 2 is 2.21 bits per heavy atom. The van der Waals surface area contributed by atoms with Gasteiger partial charge in [-0.25, -0.2) is 0 Å². The third-order valence-electron chi connectivity index (χ3n) is 1.74. The van der Waals surface area contributed by atoms with Gasteiger partial charge in [0.1, 0.15) is 0 Å². The first kappa shape index (κ1) is 10.5. The second-order valence-electron chi connectivity index (χ2n) is 3.09. The number of carbonyl (C=O) groups excluding carboxylic acids is 1. The van der Waals surface area contributed by atoms with Gasteiger partial charge in [-0.15, -0.1) is 0 Å². The van der Waals surface area contributed by atoms with E-state index in [9.17, 15) is 9.59 Å². The number of carbonyl (C=O) groups is 2. The molecule has 0 aliphatic rings. The van der Waals surface area contributed by atoms with E-state index in [0.29, 0.717) is 5.56 Å². The van der Waals surface area contributed by atoms with E-state index in [1.165, 1.54) is 4.90 Å². The van der Waals surface area contributed by atoms with E-state index in [2.05, 4.69) is 4.98 Å². The lowest BCUT2D eigenvalue weighted by Crippen LogP contribution is -2.30. The molecule has 0 aromatic carbocycles. The van der Waals surface area contributed by atoms with Gasteiger partial charge in [0.2, 0.25) is 0 Å². The van der Waals surface area contributed by atoms with Crippen LogP contribution in [0.5, 0.6) is 0 Å². The van der Waals surface area contributed by atoms with E-state index in [1.807, 2.05) is 0 Å². The predicted octanol–water partition coefficient (Wildman–Crippen LogP) is 0.214. The minimum Gasteiger partial charge on any atom is -0.480 e. The molecule has 1 aromatic rings. The normalized spacial score (nSPS) is 10.4. The van der Waals surface area contributed by atoms with Crippen molar-refractivity contribution in [2.24, 2.45) is 0 Å². The van der Waals surface area contributed by atoms with Crippen LogP contribution in [0.4, 0.5) is 0 Å². The maximum atomic E-state index is 11.4. The number of carboxylic acid groups (broad SMARTS) is 1. The molecule has 0 atom stereocenters. The van der Waals surface area contributed by atoms with Gasteiger partial charge in [0.25, 0.3) is 0 Å². The molecule has 0 aliphatic carbocycles. The van der Waals surface area contributed by atoms with Gasteiger partial charge in [0.15, 0.2) is 5.78 Å². The minimum absolute atomic E-state index is 0.0880. The highest BCUT2D eigenvalue weighted by Crippen LogP contribution is 1.99. The fraction of sp³-hybridized carbons (Fsp3) is 0.333. The molecule has 0 aliphatic heterocycles. The summed E-state index contributed by atoms with van der Waals surface area (Å²) < 4.78 is 0. The van der Waals surface area contributed by atoms with Crippen molar-refractivity contribution in [3.05, 3.63) is 24.0 Å². The number of Topliss-reactive ketones (excluding diaryl/α,β-unsaturated/α-hetero) is 1. The van der Waals surface area contributed by atoms with Crippen molar-refractivity contribution in [3.8, 4) is 0 Å². The molecular weight excluding hydrogens is 184 g/mol. The Kier molecular flexibility index (Phi) is 3.41. The fourth-order valence-corrected chi connectivity index (χ4v) is 1.12. The van der Waals surface area contributed by atoms with Crippen molar-refractivity contribution in [1.29, 1.82) is 0 Å². The largest absolute Gasteiger partial charge is 0.480 e. The lowest BCUT2D eigenvalue weighted by atomic mass is 10.2. The quantitative estimate of drug-likeness (QED) is 0.660. The van der Waals surface area contributed by atoms with Crippen LogP contribution in [0.2, 0.25) is 0 Å². The van der Waals surface area contributed by atoms with Crippen LogP contribution in [-0.4, -0.2) is 46.9 Å². The smallest absolute Gasteiger partial charge is 0.317 e. The number of rotatable bonds is 5. The summed E-state index contributed by atoms with van der Waals surface area (Å²) in [5.74, 6) is -1.02. The molecule has 0 bridgehead atoms. The number of carboxylic acids is 1. The lowest BCUT2D eigenvalue weighted by Gasteiger charge is -2.11. The van der Waals surface area contributed by atoms with Gasteiger partial charge in [0, 0.05) is 18.0 Å². The predicted molar refractivity (Wildman–Crippen MR) is 50.3 cm³/mol. The average molecular weight is 196 g/mol. The summed E-state index contributed by atoms with van der Waals surface area (Å²) in [6.45, 7) is -0.0136. The number of hydrogen-bond acceptors (Lipinski definition) is 3. The average Bonchev–Trinajstić information content (AvgIpc) is 2.53. The summed E-state index contributed by atoms with van der Waals surface area (Å²) in [6, 6.07) is 1.66. The van der Waals surface area contributed by atoms with Crippen LogP contribution in [0.1, 0.15) is 10.4 Å². The third-order valence-corrected chi connectivity index (χ3v) is 1.74. The molecule has 1 rings (SSSR count). The van der Waals surface area contributed by atoms with Crippen molar-refractivity contribution < 1.29 is 14.7 Å². The van der Waals surface area contributed by atoms with Crippen molar-refractivity contribution in [3.63, 3.8) is 0 Å². The molecule has 76 valence electrons. The van der Waals surface area contributed by atoms with Crippen molar-refractivity contribution in [1.82, 2.24) is 9.88 Å². The Hall–Kier alpha value is -1.62. The molecule has 2 N–H and O–H groups in total. The van der Waals surface area contributed by atoms with Gasteiger partial charge < -0.3 is 10.1 Å². The monoisotopic (exact) mass is 196 g/mol. The molecule has 0 unspecified atom stereocenters. The molecule has 0 fully saturated rings. The standard InChI is InChI=1S/C9H12N2O3/c1-11(6-9(13)14)5-8(12)7-2-3-10-4-7/h2-4,10H,5-6H2,1H3,(H,13,14). The molecule has 0 radical (unpaired) electrons. The van der Waals surface area contributed by atoms with E-state index < -0.39 is 5.97 Å². The SMILES string of the molecule is CN(CC(=O)O)CC(=O)c1cc[nH]c1. The fourth-order valence-electron chi connectivity index (χ4n) is 1.12. The second kappa shape index (κ2) is 4.57. The second-order valence-corrected chi connectivity index (χ2v) is 3.09. The number of nitrogens with zero attached hydrogens (tertiary/aromatic N) is 1. The first-order chi connectivity index (χ1) is 6.59. The number of ketones is 1. The summed E-state index contributed by atoms with van der Waals surface area (Å²) in [4.78, 5) is 26.0. The molecule has 0 spiro atoms. The summed E-state index contributed by atoms with van der Waals surface area (Å²) >= 11 is 0. The van der Waals surface area contributed by atoms with Gasteiger partial charge in [-0.2, -0.15) is 0 Å². The lowest BCUT2D eigenvalue weighted by molar-refractivity contribution is -0.137. The molecule has 0 amide bonds. The molecule has 1 aromatic heterocycles. The number of aromatic nitrogens is 1. The zero-order valence-corrected chi connectivity index (χ0v) is 7.86. The van der Waals surface area contributed by atoms with Crippen LogP contribution in [-0.2, 0) is 4.79 Å². The van der Waals surface area contributed by atoms with E-state index >= 15 is 0 Å². The molecule has 1 heterocycles. The van der Waals surface area contributed by atoms with E-state index in [1.54, 1.807) is 25.5 Å². The Bertz CT molecular complexity index is 319. The first-order valence-corrected chi connectivity index (χ1v) is 4.16. The highest BCUT2D eigenvalue weighted by molar-refractivity contribution is 5.97. The highest BCUT2D eigenvalue weighted by Gasteiger charge is 2.11. The summed E-state index contributed by atoms with van der Waals surface area (Å²) in [7, 11) is 1.60. The molecule has 5 nitrogen and oxygen atoms in total. The number of likely N-dealkylation sites (N-methyl/N-ethyl adjacent to an activating group) is 1. The first-order valence-electron chi connectivity index (χ1n) is 4.16. The van der Waals surface area contributed by atoms with Crippen LogP contribution >= 0.6 is 0 Å². The zero-order chi connectivity index (χ0) is 10.6. The topological polar surface area (TPSA) is 73.4 Å². The van der Waals surface area contributed by atoms with E-state index in [0.717, 1.165) is 0 Å². The van der Waals surface area contributed by atoms with Gasteiger partial charge >= 0.3 is 5.97 Å². The number of H-pyrrole nitrogens is 1. The molecule has 14 heavy (non-hydrogen) atoms. The number of aromatic amines is 1. The van der Waals surface area contributed by atoms with Crippen LogP contribution < -0.4 is 0 Å². The molecule has 0 saturated heterocycles. The zero-order valence-electron chi connectivity index (χ0n) is 7.86. The van der Waals surface area contributed by atoms with E-state index in [4.69, 9.17) is 5.11 Å². The van der Waals surface area contributed by atoms with Gasteiger partial charge in [-0.3, -0.25) is 14.5 Å². The Morgan fingerprint density at radius 3 is 2.71 bits per heavy atom. The maximum Gasteiger partial charge on any atom is 0.317 e. The summed E-state index contributed by atoms with van der Waals surface area (Å²) in [5, 5.41) is 8.47. The highest BCUT2D eigenvalue weighted by atomic mass is 16.4. The van der Waals surface area contributed by atoms with Crippen LogP contribution in [0, 0.1) is 0 Å². The molecule has 5 heteroatoms. The van der Waals surface area contributed by atoms with Crippen molar-refractivity contribution >= 4 is 11.8 Å². The van der Waals surface area contributed by atoms with Gasteiger partial charge in [0.05, 0.1) is 13.1 Å². The molecule has 0 saturated carbocycles. The van der Waals surface area contributed by atoms with Crippen molar-refractivity contribution in [2.75, 3.05) is 20.1 Å². The Morgan fingerprint density at radius 1 is 1.50 bits per heavy atom. The number of aliphatic carboxylic acids is 1. The van der Waals surface area contributed by atoms with Gasteiger partial charge in [-0.1, -0.05) is 0 Å². The van der Waals surface area contributed by atoms with Gasteiger partial charge in [-0.05, 0) is 13.1 Å². The minimum atomic E-state index is -0.936. The number of hydrogen-bond donors (Lipinski definition) is 2.